The average Bonchev–Trinajstić information content (AvgIpc) is 3.31. The lowest BCUT2D eigenvalue weighted by Gasteiger charge is -2.40. The van der Waals surface area contributed by atoms with Gasteiger partial charge in [0, 0.05) is 42.8 Å². The number of hydrogen-bond acceptors (Lipinski definition) is 4. The summed E-state index contributed by atoms with van der Waals surface area (Å²) in [5, 5.41) is 6.49. The van der Waals surface area contributed by atoms with Crippen LogP contribution in [0.15, 0.2) is 48.7 Å². The molecule has 3 N–H and O–H groups in total. The topological polar surface area (TPSA) is 104 Å². The summed E-state index contributed by atoms with van der Waals surface area (Å²) < 4.78 is 32.0. The molecule has 0 saturated carbocycles. The number of benzene rings is 2. The second-order valence-corrected chi connectivity index (χ2v) is 9.38. The first-order valence-corrected chi connectivity index (χ1v) is 12.3. The Hall–Kier alpha value is -4.15. The van der Waals surface area contributed by atoms with Gasteiger partial charge in [-0.1, -0.05) is 17.6 Å². The normalized spacial score (nSPS) is 15.0. The number of fused-ring (bicyclic) bond motifs is 1. The number of nitrogens with zero attached hydrogens (tertiary/aromatic N) is 1. The summed E-state index contributed by atoms with van der Waals surface area (Å²) in [4.78, 5) is 42.8. The fourth-order valence-corrected chi connectivity index (χ4v) is 4.67. The van der Waals surface area contributed by atoms with E-state index in [1.54, 1.807) is 38.3 Å². The fraction of sp³-hybridized carbons (Fsp3) is 0.296. The molecule has 8 nitrogen and oxygen atoms in total. The molecule has 0 unspecified atom stereocenters. The molecule has 0 aliphatic carbocycles. The van der Waals surface area contributed by atoms with Crippen molar-refractivity contribution in [2.24, 2.45) is 0 Å². The van der Waals surface area contributed by atoms with E-state index in [-0.39, 0.29) is 50.0 Å². The van der Waals surface area contributed by atoms with E-state index in [9.17, 15) is 23.2 Å². The predicted molar refractivity (Wildman–Crippen MR) is 143 cm³/mol. The van der Waals surface area contributed by atoms with Gasteiger partial charge in [-0.15, -0.1) is 0 Å². The third-order valence-electron chi connectivity index (χ3n) is 6.87. The summed E-state index contributed by atoms with van der Waals surface area (Å²) in [6, 6.07) is 8.98. The zero-order valence-electron chi connectivity index (χ0n) is 21.3. The van der Waals surface area contributed by atoms with Gasteiger partial charge < -0.3 is 25.3 Å². The number of nitrogens with one attached hydrogen (secondary N) is 3. The van der Waals surface area contributed by atoms with Crippen LogP contribution in [0.25, 0.3) is 17.0 Å². The van der Waals surface area contributed by atoms with E-state index < -0.39 is 17.5 Å². The molecule has 198 valence electrons. The van der Waals surface area contributed by atoms with Crippen molar-refractivity contribution in [2.75, 3.05) is 26.7 Å². The highest BCUT2D eigenvalue weighted by Crippen LogP contribution is 2.24. The Bertz CT molecular complexity index is 1380. The molecule has 1 fully saturated rings. The zero-order valence-corrected chi connectivity index (χ0v) is 21.3. The lowest BCUT2D eigenvalue weighted by atomic mass is 9.86. The molecule has 1 saturated heterocycles. The van der Waals surface area contributed by atoms with E-state index in [4.69, 9.17) is 4.74 Å². The predicted octanol–water partition coefficient (Wildman–Crippen LogP) is 1.79. The Balaban J connectivity index is 1.45. The number of halogens is 2. The quantitative estimate of drug-likeness (QED) is 0.325. The number of piperidine rings is 1. The van der Waals surface area contributed by atoms with Crippen LogP contribution >= 0.6 is 0 Å². The Morgan fingerprint density at radius 1 is 1.16 bits per heavy atom. The molecule has 3 amide bonds. The van der Waals surface area contributed by atoms with Gasteiger partial charge in [0.15, 0.2) is 0 Å². The van der Waals surface area contributed by atoms with E-state index in [2.05, 4.69) is 15.6 Å². The summed E-state index contributed by atoms with van der Waals surface area (Å²) in [6.45, 7) is 0.720. The van der Waals surface area contributed by atoms with Crippen molar-refractivity contribution in [2.45, 2.75) is 24.8 Å². The molecule has 1 aliphatic heterocycles. The molecule has 2 aromatic carbocycles. The van der Waals surface area contributed by atoms with Crippen LogP contribution in [-0.2, 0) is 20.7 Å². The van der Waals surface area contributed by atoms with E-state index in [1.807, 2.05) is 0 Å². The third kappa shape index (κ3) is 6.04. The van der Waals surface area contributed by atoms with Crippen LogP contribution in [0.5, 0.6) is 0 Å². The molecular weight excluding hydrogens is 493 g/mol. The van der Waals surface area contributed by atoms with Crippen molar-refractivity contribution in [3.8, 4) is 0 Å². The van der Waals surface area contributed by atoms with E-state index >= 15 is 0 Å². The highest BCUT2D eigenvalue weighted by atomic mass is 19.1. The van der Waals surface area contributed by atoms with Crippen LogP contribution in [0.3, 0.4) is 0 Å². The molecule has 1 aliphatic rings. The van der Waals surface area contributed by atoms with Gasteiger partial charge in [-0.3, -0.25) is 9.59 Å². The minimum absolute atomic E-state index is 0.196. The highest BCUT2D eigenvalue weighted by molar-refractivity contribution is 6.32. The van der Waals surface area contributed by atoms with Gasteiger partial charge in [-0.05, 0) is 60.7 Å². The minimum atomic E-state index is -1.24. The lowest BCUT2D eigenvalue weighted by Crippen LogP contribution is -2.63. The summed E-state index contributed by atoms with van der Waals surface area (Å²) in [5.41, 5.74) is 1.52. The molecule has 11 heteroatoms. The molecule has 0 atom stereocenters. The van der Waals surface area contributed by atoms with Crippen LogP contribution in [0, 0.1) is 11.6 Å². The molecule has 4 rings (SSSR count). The maximum atomic E-state index is 13.7. The molecule has 0 spiro atoms. The Morgan fingerprint density at radius 3 is 2.63 bits per heavy atom. The van der Waals surface area contributed by atoms with Crippen LogP contribution < -0.4 is 16.1 Å². The number of rotatable bonds is 7. The number of aromatic amines is 1. The van der Waals surface area contributed by atoms with Gasteiger partial charge in [-0.25, -0.2) is 13.6 Å². The number of carbonyl (C=O) groups is 3. The van der Waals surface area contributed by atoms with Crippen molar-refractivity contribution < 1.29 is 27.9 Å². The number of H-pyrrole nitrogens is 1. The SMILES string of the molecule is Bc1cc(/C=C/C(=O)NC2(C(=O)NCCc3c[nH]c4ccc(F)cc34)CCN(C(=O)OC)CC2)ccc1F. The standard InChI is InChI=1S/C27H29BF2N4O4/c1-38-26(37)34-12-9-27(10-13-34,33-24(35)7-3-17-2-5-22(30)21(28)14-17)25(36)31-11-8-18-16-32-23-6-4-19(29)15-20(18)23/h2-7,14-16,32H,8-13,28H2,1H3,(H,31,36)(H,33,35)/b7-3+. The molecule has 3 aromatic rings. The summed E-state index contributed by atoms with van der Waals surface area (Å²) in [7, 11) is 2.92. The Labute approximate surface area is 219 Å². The van der Waals surface area contributed by atoms with Gasteiger partial charge >= 0.3 is 6.09 Å². The van der Waals surface area contributed by atoms with E-state index in [0.717, 1.165) is 16.5 Å². The maximum absolute atomic E-state index is 13.7. The van der Waals surface area contributed by atoms with Crippen molar-refractivity contribution >= 4 is 48.2 Å². The number of ether oxygens (including phenoxy) is 1. The molecule has 0 radical (unpaired) electrons. The Kier molecular flexibility index (Phi) is 8.14. The van der Waals surface area contributed by atoms with Gasteiger partial charge in [0.2, 0.25) is 11.8 Å². The molecule has 38 heavy (non-hydrogen) atoms. The molecule has 2 heterocycles. The van der Waals surface area contributed by atoms with Crippen molar-refractivity contribution in [1.29, 1.82) is 0 Å². The largest absolute Gasteiger partial charge is 0.453 e. The minimum Gasteiger partial charge on any atom is -0.453 e. The van der Waals surface area contributed by atoms with Gasteiger partial charge in [0.05, 0.1) is 7.11 Å². The van der Waals surface area contributed by atoms with Gasteiger partial charge in [-0.2, -0.15) is 0 Å². The number of carbonyl (C=O) groups excluding carboxylic acids is 3. The second kappa shape index (κ2) is 11.5. The number of methoxy groups -OCH3 is 1. The smallest absolute Gasteiger partial charge is 0.409 e. The number of likely N-dealkylation sites (tertiary alicyclic amines) is 1. The van der Waals surface area contributed by atoms with E-state index in [0.29, 0.717) is 17.4 Å². The van der Waals surface area contributed by atoms with Crippen molar-refractivity contribution in [3.63, 3.8) is 0 Å². The third-order valence-corrected chi connectivity index (χ3v) is 6.87. The van der Waals surface area contributed by atoms with E-state index in [1.165, 1.54) is 36.3 Å². The fourth-order valence-electron chi connectivity index (χ4n) is 4.67. The van der Waals surface area contributed by atoms with Crippen LogP contribution in [-0.4, -0.2) is 67.9 Å². The first-order chi connectivity index (χ1) is 18.2. The van der Waals surface area contributed by atoms with Crippen LogP contribution in [0.1, 0.15) is 24.0 Å². The van der Waals surface area contributed by atoms with Crippen molar-refractivity contribution in [3.05, 3.63) is 71.4 Å². The Morgan fingerprint density at radius 2 is 1.92 bits per heavy atom. The van der Waals surface area contributed by atoms with Crippen LogP contribution in [0.4, 0.5) is 13.6 Å². The maximum Gasteiger partial charge on any atom is 0.409 e. The number of amides is 3. The molecular formula is C27H29BF2N4O4. The highest BCUT2D eigenvalue weighted by Gasteiger charge is 2.43. The second-order valence-electron chi connectivity index (χ2n) is 9.38. The average molecular weight is 522 g/mol. The molecule has 0 bridgehead atoms. The first kappa shape index (κ1) is 26.9. The van der Waals surface area contributed by atoms with Gasteiger partial charge in [0.25, 0.3) is 0 Å². The summed E-state index contributed by atoms with van der Waals surface area (Å²) in [5.74, 6) is -1.53. The summed E-state index contributed by atoms with van der Waals surface area (Å²) in [6.07, 6.45) is 4.98. The van der Waals surface area contributed by atoms with Crippen molar-refractivity contribution in [1.82, 2.24) is 20.5 Å². The number of hydrogen-bond donors (Lipinski definition) is 3. The lowest BCUT2D eigenvalue weighted by molar-refractivity contribution is -0.134. The van der Waals surface area contributed by atoms with Crippen LogP contribution in [0.2, 0.25) is 0 Å². The summed E-state index contributed by atoms with van der Waals surface area (Å²) >= 11 is 0. The molecule has 1 aromatic heterocycles. The van der Waals surface area contributed by atoms with Gasteiger partial charge in [0.1, 0.15) is 25.0 Å². The monoisotopic (exact) mass is 522 g/mol. The number of aromatic nitrogens is 1. The first-order valence-electron chi connectivity index (χ1n) is 12.3. The zero-order chi connectivity index (χ0) is 27.3.